The molecular weight excluding hydrogens is 494 g/mol. The second-order valence-corrected chi connectivity index (χ2v) is 9.98. The van der Waals surface area contributed by atoms with Crippen molar-refractivity contribution in [2.75, 3.05) is 27.4 Å². The molecule has 1 saturated heterocycles. The van der Waals surface area contributed by atoms with E-state index in [-0.39, 0.29) is 6.04 Å². The number of aromatic nitrogens is 5. The lowest BCUT2D eigenvalue weighted by molar-refractivity contribution is 0.0553. The molecule has 0 saturated carbocycles. The molecule has 0 amide bonds. The van der Waals surface area contributed by atoms with E-state index < -0.39 is 5.97 Å². The standard InChI is InChI=1S/C30H31N5O4/c1-18-28(34(2)33-32-18)21-14-25-27(31-17-21)22-16-26(37-3)23(30(36)38-4)15-24(22)35(25)29(19-8-6-5-7-9-19)20-10-12-39-13-11-20/h5-9,14-17,20,29H,10-13H2,1-4H3/t29-/m1/s1. The van der Waals surface area contributed by atoms with Crippen LogP contribution in [0.25, 0.3) is 33.2 Å². The van der Waals surface area contributed by atoms with E-state index >= 15 is 0 Å². The number of hydrogen-bond donors (Lipinski definition) is 0. The van der Waals surface area contributed by atoms with E-state index in [9.17, 15) is 4.79 Å². The van der Waals surface area contributed by atoms with E-state index in [2.05, 4.69) is 45.2 Å². The number of benzene rings is 2. The third kappa shape index (κ3) is 4.23. The molecule has 1 aliphatic heterocycles. The number of aryl methyl sites for hydroxylation is 2. The van der Waals surface area contributed by atoms with Crippen LogP contribution in [0, 0.1) is 12.8 Å². The summed E-state index contributed by atoms with van der Waals surface area (Å²) >= 11 is 0. The predicted octanol–water partition coefficient (Wildman–Crippen LogP) is 5.10. The van der Waals surface area contributed by atoms with Gasteiger partial charge in [-0.05, 0) is 49.4 Å². The zero-order valence-corrected chi connectivity index (χ0v) is 22.5. The van der Waals surface area contributed by atoms with Gasteiger partial charge in [-0.2, -0.15) is 0 Å². The van der Waals surface area contributed by atoms with Gasteiger partial charge in [-0.25, -0.2) is 9.48 Å². The van der Waals surface area contributed by atoms with E-state index in [4.69, 9.17) is 19.2 Å². The number of carbonyl (C=O) groups excluding carboxylic acids is 1. The van der Waals surface area contributed by atoms with E-state index in [0.29, 0.717) is 17.2 Å². The maximum absolute atomic E-state index is 12.8. The number of hydrogen-bond acceptors (Lipinski definition) is 7. The maximum atomic E-state index is 12.8. The van der Waals surface area contributed by atoms with Crippen LogP contribution in [0.15, 0.2) is 54.7 Å². The Morgan fingerprint density at radius 1 is 1.08 bits per heavy atom. The Kier molecular flexibility index (Phi) is 6.52. The molecule has 1 aliphatic rings. The highest BCUT2D eigenvalue weighted by Gasteiger charge is 2.31. The first-order valence-electron chi connectivity index (χ1n) is 13.1. The minimum Gasteiger partial charge on any atom is -0.496 e. The third-order valence-electron chi connectivity index (χ3n) is 7.77. The monoisotopic (exact) mass is 525 g/mol. The quantitative estimate of drug-likeness (QED) is 0.285. The van der Waals surface area contributed by atoms with Crippen LogP contribution in [0.4, 0.5) is 0 Å². The first-order chi connectivity index (χ1) is 19.0. The number of esters is 1. The number of nitrogens with zero attached hydrogens (tertiary/aromatic N) is 5. The van der Waals surface area contributed by atoms with Gasteiger partial charge in [0.15, 0.2) is 0 Å². The molecular formula is C30H31N5O4. The molecule has 1 fully saturated rings. The fourth-order valence-electron chi connectivity index (χ4n) is 5.97. The van der Waals surface area contributed by atoms with E-state index in [0.717, 1.165) is 64.9 Å². The Hall–Kier alpha value is -4.24. The lowest BCUT2D eigenvalue weighted by atomic mass is 9.86. The molecule has 3 aromatic heterocycles. The summed E-state index contributed by atoms with van der Waals surface area (Å²) in [5.41, 5.74) is 6.95. The minimum atomic E-state index is -0.446. The van der Waals surface area contributed by atoms with Crippen molar-refractivity contribution in [3.8, 4) is 17.0 Å². The second-order valence-electron chi connectivity index (χ2n) is 9.98. The lowest BCUT2D eigenvalue weighted by Gasteiger charge is -2.33. The summed E-state index contributed by atoms with van der Waals surface area (Å²) in [4.78, 5) is 17.8. The average Bonchev–Trinajstić information content (AvgIpc) is 3.48. The minimum absolute atomic E-state index is 0.00296. The number of methoxy groups -OCH3 is 2. The molecule has 200 valence electrons. The van der Waals surface area contributed by atoms with Gasteiger partial charge < -0.3 is 18.8 Å². The van der Waals surface area contributed by atoms with E-state index in [1.165, 1.54) is 12.7 Å². The van der Waals surface area contributed by atoms with E-state index in [1.54, 1.807) is 11.8 Å². The van der Waals surface area contributed by atoms with Crippen molar-refractivity contribution in [3.63, 3.8) is 0 Å². The molecule has 6 rings (SSSR count). The molecule has 9 nitrogen and oxygen atoms in total. The van der Waals surface area contributed by atoms with Gasteiger partial charge in [0.1, 0.15) is 11.3 Å². The van der Waals surface area contributed by atoms with Crippen LogP contribution in [-0.2, 0) is 16.5 Å². The summed E-state index contributed by atoms with van der Waals surface area (Å²) in [6.45, 7) is 3.38. The van der Waals surface area contributed by atoms with Gasteiger partial charge in [-0.3, -0.25) is 4.98 Å². The van der Waals surface area contributed by atoms with Crippen molar-refractivity contribution < 1.29 is 19.0 Å². The highest BCUT2D eigenvalue weighted by atomic mass is 16.5. The van der Waals surface area contributed by atoms with Crippen LogP contribution >= 0.6 is 0 Å². The average molecular weight is 526 g/mol. The molecule has 9 heteroatoms. The molecule has 0 radical (unpaired) electrons. The molecule has 0 aliphatic carbocycles. The van der Waals surface area contributed by atoms with Crippen LogP contribution in [-0.4, -0.2) is 57.9 Å². The zero-order valence-electron chi connectivity index (χ0n) is 22.5. The van der Waals surface area contributed by atoms with Gasteiger partial charge >= 0.3 is 5.97 Å². The van der Waals surface area contributed by atoms with Gasteiger partial charge in [0.05, 0.1) is 48.2 Å². The number of pyridine rings is 1. The Balaban J connectivity index is 1.72. The summed E-state index contributed by atoms with van der Waals surface area (Å²) in [5.74, 6) is 0.332. The van der Waals surface area contributed by atoms with Crippen molar-refractivity contribution in [1.82, 2.24) is 24.5 Å². The Labute approximate surface area is 226 Å². The second kappa shape index (κ2) is 10.1. The fraction of sp³-hybridized carbons (Fsp3) is 0.333. The lowest BCUT2D eigenvalue weighted by Crippen LogP contribution is -2.27. The van der Waals surface area contributed by atoms with E-state index in [1.807, 2.05) is 38.4 Å². The van der Waals surface area contributed by atoms with Crippen molar-refractivity contribution >= 4 is 27.9 Å². The number of fused-ring (bicyclic) bond motifs is 3. The Morgan fingerprint density at radius 3 is 2.51 bits per heavy atom. The molecule has 0 unspecified atom stereocenters. The zero-order chi connectivity index (χ0) is 27.1. The smallest absolute Gasteiger partial charge is 0.341 e. The molecule has 39 heavy (non-hydrogen) atoms. The topological polar surface area (TPSA) is 93.3 Å². The SMILES string of the molecule is COC(=O)c1cc2c(cc1OC)c1ncc(-c3c(C)nnn3C)cc1n2[C@H](c1ccccc1)C1CCOCC1. The molecule has 0 spiro atoms. The predicted molar refractivity (Wildman–Crippen MR) is 148 cm³/mol. The van der Waals surface area contributed by atoms with Gasteiger partial charge in [0.2, 0.25) is 0 Å². The molecule has 4 heterocycles. The summed E-state index contributed by atoms with van der Waals surface area (Å²) in [6, 6.07) is 16.5. The van der Waals surface area contributed by atoms with Gasteiger partial charge in [0.25, 0.3) is 0 Å². The fourth-order valence-corrected chi connectivity index (χ4v) is 5.97. The van der Waals surface area contributed by atoms with Crippen molar-refractivity contribution in [3.05, 3.63) is 71.5 Å². The normalized spacial score (nSPS) is 15.1. The summed E-state index contributed by atoms with van der Waals surface area (Å²) in [7, 11) is 4.83. The number of ether oxygens (including phenoxy) is 3. The van der Waals surface area contributed by atoms with Crippen molar-refractivity contribution in [1.29, 1.82) is 0 Å². The van der Waals surface area contributed by atoms with Gasteiger partial charge in [0, 0.05) is 37.4 Å². The van der Waals surface area contributed by atoms with Crippen LogP contribution in [0.2, 0.25) is 0 Å². The first kappa shape index (κ1) is 25.1. The van der Waals surface area contributed by atoms with Crippen LogP contribution in [0.1, 0.15) is 40.5 Å². The van der Waals surface area contributed by atoms with Gasteiger partial charge in [-0.15, -0.1) is 5.10 Å². The maximum Gasteiger partial charge on any atom is 0.341 e. The number of carbonyl (C=O) groups is 1. The highest BCUT2D eigenvalue weighted by Crippen LogP contribution is 2.42. The van der Waals surface area contributed by atoms with Crippen LogP contribution in [0.5, 0.6) is 5.75 Å². The largest absolute Gasteiger partial charge is 0.496 e. The summed E-state index contributed by atoms with van der Waals surface area (Å²) in [6.07, 6.45) is 3.72. The van der Waals surface area contributed by atoms with Crippen molar-refractivity contribution in [2.24, 2.45) is 13.0 Å². The Bertz CT molecular complexity index is 1650. The molecule has 0 bridgehead atoms. The number of rotatable bonds is 6. The molecule has 5 aromatic rings. The highest BCUT2D eigenvalue weighted by molar-refractivity contribution is 6.10. The van der Waals surface area contributed by atoms with Crippen LogP contribution in [0.3, 0.4) is 0 Å². The van der Waals surface area contributed by atoms with Crippen molar-refractivity contribution in [2.45, 2.75) is 25.8 Å². The molecule has 2 aromatic carbocycles. The third-order valence-corrected chi connectivity index (χ3v) is 7.77. The summed E-state index contributed by atoms with van der Waals surface area (Å²) < 4.78 is 20.6. The van der Waals surface area contributed by atoms with Crippen LogP contribution < -0.4 is 4.74 Å². The van der Waals surface area contributed by atoms with Gasteiger partial charge in [-0.1, -0.05) is 35.5 Å². The first-order valence-corrected chi connectivity index (χ1v) is 13.1. The molecule has 0 N–H and O–H groups in total. The molecule has 1 atom stereocenters. The Morgan fingerprint density at radius 2 is 1.85 bits per heavy atom. The summed E-state index contributed by atoms with van der Waals surface area (Å²) in [5, 5.41) is 9.37.